The maximum atomic E-state index is 13.0. The number of likely N-dealkylation sites (N-methyl/N-ethyl adjacent to an activating group) is 10. The molecule has 0 heterocycles. The largest absolute Gasteiger partial charge is 0.465 e. The van der Waals surface area contributed by atoms with Crippen LogP contribution in [0.2, 0.25) is 0 Å². The molecule has 26 nitrogen and oxygen atoms in total. The fourth-order valence-electron chi connectivity index (χ4n) is 6.65. The number of hydrogen-bond donors (Lipinski definition) is 1. The Morgan fingerprint density at radius 1 is 0.412 bits per heavy atom. The highest BCUT2D eigenvalue weighted by Crippen LogP contribution is 2.38. The minimum atomic E-state index is -0.740. The zero-order chi connectivity index (χ0) is 61.9. The predicted molar refractivity (Wildman–Crippen MR) is 302 cm³/mol. The van der Waals surface area contributed by atoms with Crippen LogP contribution in [-0.4, -0.2) is 291 Å². The van der Waals surface area contributed by atoms with Crippen molar-refractivity contribution in [1.29, 1.82) is 0 Å². The fraction of sp³-hybridized carbons (Fsp3) is 0.731. The van der Waals surface area contributed by atoms with Gasteiger partial charge in [0.2, 0.25) is 65.0 Å². The van der Waals surface area contributed by atoms with Crippen molar-refractivity contribution >= 4 is 104 Å². The SMILES string of the molecule is CC(C)C(=O)OCCSSC(C)(C)CCC(=O)CCCC(=O)N(C)CC(=O)N(C)CC(=O)N(C)CC(=O)N(C)CC(=O)N(C)CC(=O)N(C)CC(=O)N(C)CC(=O)N(C)CC(=O)N(C)CC(=O)N(C)CC(=O)N[C@@H](C)C(=O)C(C)C. The van der Waals surface area contributed by atoms with Crippen LogP contribution in [0.3, 0.4) is 0 Å². The first kappa shape index (κ1) is 73.7. The number of ketones is 2. The van der Waals surface area contributed by atoms with Gasteiger partial charge < -0.3 is 59.1 Å². The van der Waals surface area contributed by atoms with E-state index >= 15 is 0 Å². The van der Waals surface area contributed by atoms with Gasteiger partial charge in [0, 0.05) is 106 Å². The minimum Gasteiger partial charge on any atom is -0.465 e. The Morgan fingerprint density at radius 3 is 1.01 bits per heavy atom. The highest BCUT2D eigenvalue weighted by atomic mass is 33.1. The third-order valence-corrected chi connectivity index (χ3v) is 15.7. The number of esters is 1. The zero-order valence-electron chi connectivity index (χ0n) is 50.2. The summed E-state index contributed by atoms with van der Waals surface area (Å²) in [6.45, 7) is 8.61. The lowest BCUT2D eigenvalue weighted by Crippen LogP contribution is -2.49. The van der Waals surface area contributed by atoms with Crippen molar-refractivity contribution in [3.8, 4) is 0 Å². The van der Waals surface area contributed by atoms with Crippen LogP contribution >= 0.6 is 21.6 Å². The Balaban J connectivity index is 4.82. The van der Waals surface area contributed by atoms with E-state index in [0.717, 1.165) is 44.1 Å². The average molecular weight is 1170 g/mol. The van der Waals surface area contributed by atoms with E-state index in [2.05, 4.69) is 5.32 Å². The number of amides is 11. The van der Waals surface area contributed by atoms with Gasteiger partial charge in [0.1, 0.15) is 12.4 Å². The second kappa shape index (κ2) is 36.1. The highest BCUT2D eigenvalue weighted by molar-refractivity contribution is 8.77. The lowest BCUT2D eigenvalue weighted by atomic mass is 10.0. The minimum absolute atomic E-state index is 0.0215. The Morgan fingerprint density at radius 2 is 0.713 bits per heavy atom. The van der Waals surface area contributed by atoms with Crippen LogP contribution in [0.4, 0.5) is 0 Å². The van der Waals surface area contributed by atoms with E-state index in [1.54, 1.807) is 56.2 Å². The van der Waals surface area contributed by atoms with Crippen molar-refractivity contribution in [2.45, 2.75) is 91.4 Å². The van der Waals surface area contributed by atoms with Gasteiger partial charge in [0.05, 0.1) is 77.4 Å². The Labute approximate surface area is 480 Å². The molecule has 0 aromatic heterocycles. The first-order valence-corrected chi connectivity index (χ1v) is 28.4. The first-order chi connectivity index (χ1) is 36.9. The van der Waals surface area contributed by atoms with Gasteiger partial charge in [-0.15, -0.1) is 0 Å². The summed E-state index contributed by atoms with van der Waals surface area (Å²) >= 11 is 0. The van der Waals surface area contributed by atoms with Crippen molar-refractivity contribution < 1.29 is 71.9 Å². The summed E-state index contributed by atoms with van der Waals surface area (Å²) in [5, 5.41) is 2.54. The smallest absolute Gasteiger partial charge is 0.308 e. The molecule has 0 aromatic rings. The van der Waals surface area contributed by atoms with E-state index in [0.29, 0.717) is 31.6 Å². The Bertz CT molecular complexity index is 2220. The molecule has 0 unspecified atom stereocenters. The van der Waals surface area contributed by atoms with Crippen LogP contribution in [0.1, 0.15) is 80.6 Å². The number of rotatable bonds is 36. The lowest BCUT2D eigenvalue weighted by Gasteiger charge is -2.27. The number of carbonyl (C=O) groups is 14. The topological polar surface area (TPSA) is 293 Å². The van der Waals surface area contributed by atoms with Crippen LogP contribution in [0, 0.1) is 11.8 Å². The number of carbonyl (C=O) groups excluding carboxylic acids is 14. The van der Waals surface area contributed by atoms with Crippen LogP contribution in [0.15, 0.2) is 0 Å². The van der Waals surface area contributed by atoms with Gasteiger partial charge in [-0.3, -0.25) is 67.1 Å². The van der Waals surface area contributed by atoms with Gasteiger partial charge in [-0.25, -0.2) is 0 Å². The quantitative estimate of drug-likeness (QED) is 0.0455. The summed E-state index contributed by atoms with van der Waals surface area (Å²) in [4.78, 5) is 189. The van der Waals surface area contributed by atoms with E-state index < -0.39 is 117 Å². The molecule has 0 spiro atoms. The van der Waals surface area contributed by atoms with E-state index in [4.69, 9.17) is 4.74 Å². The van der Waals surface area contributed by atoms with Crippen LogP contribution in [-0.2, 0) is 71.9 Å². The summed E-state index contributed by atoms with van der Waals surface area (Å²) in [7, 11) is 16.7. The summed E-state index contributed by atoms with van der Waals surface area (Å²) < 4.78 is 4.99. The summed E-state index contributed by atoms with van der Waals surface area (Å²) in [6, 6.07) is -0.740. The number of Topliss-reactive ketones (excluding diaryl/α,β-unsaturated/α-hetero) is 2. The molecule has 0 aliphatic carbocycles. The molecule has 0 rings (SSSR count). The molecule has 0 aliphatic rings. The van der Waals surface area contributed by atoms with Gasteiger partial charge in [0.25, 0.3) is 0 Å². The predicted octanol–water partition coefficient (Wildman–Crippen LogP) is -0.821. The molecule has 1 atom stereocenters. The van der Waals surface area contributed by atoms with Crippen molar-refractivity contribution in [1.82, 2.24) is 54.3 Å². The summed E-state index contributed by atoms with van der Waals surface area (Å²) in [5.74, 6) is -6.63. The van der Waals surface area contributed by atoms with E-state index in [1.165, 1.54) is 75.4 Å². The molecule has 0 fully saturated rings. The third-order valence-electron chi connectivity index (χ3n) is 12.4. The second-order valence-electron chi connectivity index (χ2n) is 21.2. The monoisotopic (exact) mass is 1170 g/mol. The Hall–Kier alpha value is -6.32. The normalized spacial score (nSPS) is 11.4. The highest BCUT2D eigenvalue weighted by Gasteiger charge is 2.28. The molecular weight excluding hydrogens is 1080 g/mol. The Kier molecular flexibility index (Phi) is 33.3. The van der Waals surface area contributed by atoms with Gasteiger partial charge >= 0.3 is 5.97 Å². The standard InChI is InChI=1S/C52H89N11O15S2/c1-35(2)50(76)37(5)53-39(65)25-54(8)41(67)27-56(10)43(69)29-58(12)45(71)31-60(14)47(73)33-62(16)49(75)34-63(17)48(74)32-61(15)46(72)30-59(13)44(70)28-57(11)42(68)26-55(9)40(66)20-18-19-38(64)21-22-52(6,7)80-79-24-23-78-51(77)36(3)4/h35-37H,18-34H2,1-17H3,(H,53,65)/t37-/m0/s1. The van der Waals surface area contributed by atoms with Crippen molar-refractivity contribution in [3.63, 3.8) is 0 Å². The van der Waals surface area contributed by atoms with Crippen LogP contribution in [0.25, 0.3) is 0 Å². The molecule has 0 bridgehead atoms. The van der Waals surface area contributed by atoms with Crippen molar-refractivity contribution in [3.05, 3.63) is 0 Å². The van der Waals surface area contributed by atoms with E-state index in [1.807, 2.05) is 13.8 Å². The van der Waals surface area contributed by atoms with Gasteiger partial charge in [-0.05, 0) is 33.6 Å². The second-order valence-corrected chi connectivity index (χ2v) is 24.3. The molecular formula is C52H89N11O15S2. The van der Waals surface area contributed by atoms with Crippen LogP contribution in [0.5, 0.6) is 0 Å². The fourth-order valence-corrected chi connectivity index (χ4v) is 9.05. The molecule has 0 saturated carbocycles. The molecule has 1 N–H and O–H groups in total. The number of hydrogen-bond acceptors (Lipinski definition) is 17. The number of nitrogens with zero attached hydrogens (tertiary/aromatic N) is 10. The van der Waals surface area contributed by atoms with E-state index in [9.17, 15) is 67.1 Å². The molecule has 28 heteroatoms. The lowest BCUT2D eigenvalue weighted by molar-refractivity contribution is -0.146. The third kappa shape index (κ3) is 29.2. The van der Waals surface area contributed by atoms with Crippen molar-refractivity contribution in [2.75, 3.05) is 148 Å². The maximum Gasteiger partial charge on any atom is 0.308 e. The molecule has 11 amide bonds. The molecule has 0 aromatic carbocycles. The van der Waals surface area contributed by atoms with Gasteiger partial charge in [0.15, 0.2) is 5.78 Å². The molecule has 454 valence electrons. The first-order valence-electron chi connectivity index (χ1n) is 26.1. The summed E-state index contributed by atoms with van der Waals surface area (Å²) in [5.41, 5.74) is 0. The van der Waals surface area contributed by atoms with Gasteiger partial charge in [-0.1, -0.05) is 49.3 Å². The maximum absolute atomic E-state index is 13.0. The molecule has 80 heavy (non-hydrogen) atoms. The molecule has 0 saturated heterocycles. The zero-order valence-corrected chi connectivity index (χ0v) is 51.8. The van der Waals surface area contributed by atoms with E-state index in [-0.39, 0.29) is 66.0 Å². The van der Waals surface area contributed by atoms with Crippen molar-refractivity contribution in [2.24, 2.45) is 11.8 Å². The summed E-state index contributed by atoms with van der Waals surface area (Å²) in [6.07, 6.45) is 1.54. The average Bonchev–Trinajstić information content (AvgIpc) is 3.36. The van der Waals surface area contributed by atoms with Crippen LogP contribution < -0.4 is 5.32 Å². The number of nitrogens with one attached hydrogen (secondary N) is 1. The molecule has 0 radical (unpaired) electrons. The number of ether oxygens (including phenoxy) is 1. The van der Waals surface area contributed by atoms with Gasteiger partial charge in [-0.2, -0.15) is 0 Å². The molecule has 0 aliphatic heterocycles.